The van der Waals surface area contributed by atoms with E-state index in [9.17, 15) is 4.39 Å². The van der Waals surface area contributed by atoms with Gasteiger partial charge in [0.2, 0.25) is 0 Å². The van der Waals surface area contributed by atoms with Gasteiger partial charge in [-0.05, 0) is 31.2 Å². The monoisotopic (exact) mass is 304 g/mol. The minimum absolute atomic E-state index is 0.318. The first-order chi connectivity index (χ1) is 10.0. The van der Waals surface area contributed by atoms with E-state index in [1.165, 1.54) is 13.2 Å². The first-order valence-corrected chi connectivity index (χ1v) is 6.72. The van der Waals surface area contributed by atoms with Crippen LogP contribution in [0.1, 0.15) is 24.1 Å². The van der Waals surface area contributed by atoms with Crippen molar-refractivity contribution in [3.8, 4) is 11.8 Å². The Balaban J connectivity index is 2.28. The van der Waals surface area contributed by atoms with Crippen LogP contribution in [0.2, 0.25) is 5.02 Å². The van der Waals surface area contributed by atoms with Crippen molar-refractivity contribution in [2.24, 2.45) is 0 Å². The Labute approximate surface area is 127 Å². The van der Waals surface area contributed by atoms with Crippen LogP contribution in [-0.2, 0) is 0 Å². The third-order valence-electron chi connectivity index (χ3n) is 3.15. The van der Waals surface area contributed by atoms with Crippen LogP contribution < -0.4 is 10.1 Å². The third-order valence-corrected chi connectivity index (χ3v) is 3.38. The molecule has 1 N–H and O–H groups in total. The fraction of sp³-hybridized carbons (Fsp3) is 0.188. The van der Waals surface area contributed by atoms with E-state index in [1.807, 2.05) is 6.92 Å². The molecule has 0 spiro atoms. The molecule has 2 aromatic carbocycles. The minimum Gasteiger partial charge on any atom is -0.497 e. The molecule has 0 saturated carbocycles. The summed E-state index contributed by atoms with van der Waals surface area (Å²) in [4.78, 5) is 0. The van der Waals surface area contributed by atoms with Crippen LogP contribution in [0.15, 0.2) is 36.4 Å². The van der Waals surface area contributed by atoms with Gasteiger partial charge in [-0.1, -0.05) is 17.7 Å². The number of ether oxygens (including phenoxy) is 1. The summed E-state index contributed by atoms with van der Waals surface area (Å²) < 4.78 is 19.0. The number of rotatable bonds is 4. The molecular formula is C16H14ClFN2O. The number of anilines is 1. The predicted octanol–water partition coefficient (Wildman–Crippen LogP) is 4.53. The summed E-state index contributed by atoms with van der Waals surface area (Å²) in [5, 5.41) is 12.7. The first-order valence-electron chi connectivity index (χ1n) is 6.34. The fourth-order valence-corrected chi connectivity index (χ4v) is 2.20. The number of benzene rings is 2. The zero-order valence-electron chi connectivity index (χ0n) is 11.7. The second-order valence-electron chi connectivity index (χ2n) is 4.56. The van der Waals surface area contributed by atoms with Gasteiger partial charge in [-0.3, -0.25) is 0 Å². The van der Waals surface area contributed by atoms with Gasteiger partial charge in [-0.15, -0.1) is 0 Å². The summed E-state index contributed by atoms with van der Waals surface area (Å²) in [7, 11) is 1.49. The molecule has 1 unspecified atom stereocenters. The second kappa shape index (κ2) is 6.47. The van der Waals surface area contributed by atoms with E-state index in [0.29, 0.717) is 27.6 Å². The summed E-state index contributed by atoms with van der Waals surface area (Å²) in [5.74, 6) is 0.0961. The van der Waals surface area contributed by atoms with E-state index >= 15 is 0 Å². The number of halogens is 2. The summed E-state index contributed by atoms with van der Waals surface area (Å²) >= 11 is 5.93. The van der Waals surface area contributed by atoms with Gasteiger partial charge in [-0.2, -0.15) is 5.26 Å². The molecule has 0 aliphatic carbocycles. The van der Waals surface area contributed by atoms with Crippen molar-refractivity contribution < 1.29 is 9.13 Å². The summed E-state index contributed by atoms with van der Waals surface area (Å²) in [6.45, 7) is 1.81. The van der Waals surface area contributed by atoms with Crippen LogP contribution in [0.4, 0.5) is 10.1 Å². The number of nitrogens with zero attached hydrogens (tertiary/aromatic N) is 1. The molecule has 0 aliphatic rings. The van der Waals surface area contributed by atoms with Crippen LogP contribution in [0, 0.1) is 17.1 Å². The Morgan fingerprint density at radius 1 is 1.29 bits per heavy atom. The molecule has 108 valence electrons. The Bertz CT molecular complexity index is 697. The molecule has 0 radical (unpaired) electrons. The molecular weight excluding hydrogens is 291 g/mol. The Morgan fingerprint density at radius 3 is 2.67 bits per heavy atom. The second-order valence-corrected chi connectivity index (χ2v) is 4.99. The Kier molecular flexibility index (Phi) is 4.66. The summed E-state index contributed by atoms with van der Waals surface area (Å²) in [6, 6.07) is 11.4. The fourth-order valence-electron chi connectivity index (χ4n) is 2.03. The smallest absolute Gasteiger partial charge is 0.132 e. The van der Waals surface area contributed by atoms with E-state index in [4.69, 9.17) is 21.6 Å². The molecule has 0 amide bonds. The van der Waals surface area contributed by atoms with Crippen LogP contribution in [-0.4, -0.2) is 7.11 Å². The van der Waals surface area contributed by atoms with Crippen molar-refractivity contribution in [1.29, 1.82) is 5.26 Å². The Hall–Kier alpha value is -2.25. The van der Waals surface area contributed by atoms with Gasteiger partial charge in [0.15, 0.2) is 0 Å². The van der Waals surface area contributed by atoms with Crippen LogP contribution in [0.3, 0.4) is 0 Å². The number of hydrogen-bond donors (Lipinski definition) is 1. The lowest BCUT2D eigenvalue weighted by molar-refractivity contribution is 0.410. The lowest BCUT2D eigenvalue weighted by Gasteiger charge is -2.18. The molecule has 5 heteroatoms. The van der Waals surface area contributed by atoms with Crippen LogP contribution in [0.5, 0.6) is 5.75 Å². The van der Waals surface area contributed by atoms with E-state index in [-0.39, 0.29) is 11.9 Å². The minimum atomic E-state index is -0.366. The van der Waals surface area contributed by atoms with E-state index in [2.05, 4.69) is 11.4 Å². The molecule has 0 fully saturated rings. The molecule has 0 aliphatic heterocycles. The van der Waals surface area contributed by atoms with Gasteiger partial charge in [0, 0.05) is 16.7 Å². The average molecular weight is 305 g/mol. The van der Waals surface area contributed by atoms with Crippen molar-refractivity contribution in [3.63, 3.8) is 0 Å². The third kappa shape index (κ3) is 3.45. The van der Waals surface area contributed by atoms with Crippen molar-refractivity contribution in [2.75, 3.05) is 12.4 Å². The largest absolute Gasteiger partial charge is 0.497 e. The molecule has 0 saturated heterocycles. The summed E-state index contributed by atoms with van der Waals surface area (Å²) in [5.41, 5.74) is 1.52. The van der Waals surface area contributed by atoms with Gasteiger partial charge >= 0.3 is 0 Å². The Morgan fingerprint density at radius 2 is 2.05 bits per heavy atom. The highest BCUT2D eigenvalue weighted by Gasteiger charge is 2.13. The molecule has 0 aromatic heterocycles. The van der Waals surface area contributed by atoms with Crippen molar-refractivity contribution in [3.05, 3.63) is 58.4 Å². The van der Waals surface area contributed by atoms with Gasteiger partial charge in [0.25, 0.3) is 0 Å². The molecule has 2 rings (SSSR count). The van der Waals surface area contributed by atoms with E-state index < -0.39 is 0 Å². The number of nitriles is 1. The molecule has 21 heavy (non-hydrogen) atoms. The molecule has 3 nitrogen and oxygen atoms in total. The van der Waals surface area contributed by atoms with Gasteiger partial charge < -0.3 is 10.1 Å². The number of methoxy groups -OCH3 is 1. The SMILES string of the molecule is COc1ccc(C(C)Nc2cc(Cl)ccc2C#N)c(F)c1. The summed E-state index contributed by atoms with van der Waals surface area (Å²) in [6.07, 6.45) is 0. The van der Waals surface area contributed by atoms with Crippen molar-refractivity contribution in [1.82, 2.24) is 0 Å². The normalized spacial score (nSPS) is 11.6. The van der Waals surface area contributed by atoms with Crippen LogP contribution in [0.25, 0.3) is 0 Å². The van der Waals surface area contributed by atoms with Crippen LogP contribution >= 0.6 is 11.6 Å². The maximum Gasteiger partial charge on any atom is 0.132 e. The quantitative estimate of drug-likeness (QED) is 0.902. The molecule has 2 aromatic rings. The predicted molar refractivity (Wildman–Crippen MR) is 81.2 cm³/mol. The van der Waals surface area contributed by atoms with E-state index in [1.54, 1.807) is 30.3 Å². The maximum atomic E-state index is 14.0. The van der Waals surface area contributed by atoms with Gasteiger partial charge in [0.1, 0.15) is 17.6 Å². The highest BCUT2D eigenvalue weighted by Crippen LogP contribution is 2.27. The van der Waals surface area contributed by atoms with Crippen molar-refractivity contribution >= 4 is 17.3 Å². The lowest BCUT2D eigenvalue weighted by atomic mass is 10.1. The molecule has 1 atom stereocenters. The lowest BCUT2D eigenvalue weighted by Crippen LogP contribution is -2.09. The maximum absolute atomic E-state index is 14.0. The zero-order valence-corrected chi connectivity index (χ0v) is 12.4. The first kappa shape index (κ1) is 15.1. The topological polar surface area (TPSA) is 45.0 Å². The molecule has 0 bridgehead atoms. The number of hydrogen-bond acceptors (Lipinski definition) is 3. The standard InChI is InChI=1S/C16H14ClFN2O/c1-10(14-6-5-13(21-2)8-15(14)18)20-16-7-12(17)4-3-11(16)9-19/h3-8,10,20H,1-2H3. The van der Waals surface area contributed by atoms with Crippen molar-refractivity contribution in [2.45, 2.75) is 13.0 Å². The highest BCUT2D eigenvalue weighted by atomic mass is 35.5. The zero-order chi connectivity index (χ0) is 15.4. The van der Waals surface area contributed by atoms with Gasteiger partial charge in [-0.25, -0.2) is 4.39 Å². The highest BCUT2D eigenvalue weighted by molar-refractivity contribution is 6.30. The van der Waals surface area contributed by atoms with Gasteiger partial charge in [0.05, 0.1) is 24.4 Å². The van der Waals surface area contributed by atoms with E-state index in [0.717, 1.165) is 0 Å². The average Bonchev–Trinajstić information content (AvgIpc) is 2.47. The number of nitrogens with one attached hydrogen (secondary N) is 1. The molecule has 0 heterocycles.